The number of aliphatic hydroxyl groups excluding tert-OH is 1. The summed E-state index contributed by atoms with van der Waals surface area (Å²) in [7, 11) is 0. The van der Waals surface area contributed by atoms with Gasteiger partial charge in [-0.3, -0.25) is 14.5 Å². The van der Waals surface area contributed by atoms with Gasteiger partial charge in [-0.1, -0.05) is 29.8 Å². The molecule has 6 nitrogen and oxygen atoms in total. The summed E-state index contributed by atoms with van der Waals surface area (Å²) in [6.45, 7) is 4.98. The lowest BCUT2D eigenvalue weighted by Gasteiger charge is -2.25. The molecule has 0 bridgehead atoms. The number of nitrogens with zero attached hydrogens (tertiary/aromatic N) is 1. The average Bonchev–Trinajstić information content (AvgIpc) is 3.42. The van der Waals surface area contributed by atoms with Crippen LogP contribution in [0, 0.1) is 6.92 Å². The lowest BCUT2D eigenvalue weighted by molar-refractivity contribution is -0.132. The molecule has 2 heterocycles. The minimum atomic E-state index is -0.775. The summed E-state index contributed by atoms with van der Waals surface area (Å²) in [6, 6.07) is 19.2. The second-order valence-corrected chi connectivity index (χ2v) is 8.43. The van der Waals surface area contributed by atoms with E-state index in [-0.39, 0.29) is 11.3 Å². The number of hydrogen-bond acceptors (Lipinski definition) is 5. The molecule has 1 amide bonds. The van der Waals surface area contributed by atoms with E-state index in [1.807, 2.05) is 56.3 Å². The summed E-state index contributed by atoms with van der Waals surface area (Å²) >= 11 is 0. The molecule has 5 rings (SSSR count). The van der Waals surface area contributed by atoms with E-state index in [0.29, 0.717) is 35.8 Å². The molecule has 172 valence electrons. The predicted octanol–water partition coefficient (Wildman–Crippen LogP) is 4.95. The summed E-state index contributed by atoms with van der Waals surface area (Å²) < 4.78 is 11.1. The van der Waals surface area contributed by atoms with Crippen LogP contribution in [0.15, 0.2) is 72.3 Å². The van der Waals surface area contributed by atoms with Crippen LogP contribution in [-0.4, -0.2) is 30.0 Å². The molecule has 34 heavy (non-hydrogen) atoms. The van der Waals surface area contributed by atoms with Crippen molar-refractivity contribution >= 4 is 23.1 Å². The third kappa shape index (κ3) is 3.71. The van der Waals surface area contributed by atoms with Gasteiger partial charge in [-0.25, -0.2) is 0 Å². The highest BCUT2D eigenvalue weighted by Gasteiger charge is 2.47. The normalized spacial score (nSPS) is 18.6. The molecule has 0 aliphatic carbocycles. The Hall–Kier alpha value is -4.06. The van der Waals surface area contributed by atoms with E-state index >= 15 is 0 Å². The molecule has 3 aromatic rings. The number of carbonyl (C=O) groups excluding carboxylic acids is 2. The lowest BCUT2D eigenvalue weighted by atomic mass is 9.94. The highest BCUT2D eigenvalue weighted by molar-refractivity contribution is 6.51. The van der Waals surface area contributed by atoms with Gasteiger partial charge in [0.15, 0.2) is 0 Å². The first-order valence-electron chi connectivity index (χ1n) is 11.3. The molecule has 0 saturated carbocycles. The first-order chi connectivity index (χ1) is 16.5. The quantitative estimate of drug-likeness (QED) is 0.335. The molecular weight excluding hydrogens is 430 g/mol. The second-order valence-electron chi connectivity index (χ2n) is 8.43. The van der Waals surface area contributed by atoms with Crippen molar-refractivity contribution in [3.05, 3.63) is 94.6 Å². The highest BCUT2D eigenvalue weighted by atomic mass is 16.5. The molecule has 1 unspecified atom stereocenters. The van der Waals surface area contributed by atoms with Gasteiger partial charge in [-0.05, 0) is 67.4 Å². The summed E-state index contributed by atoms with van der Waals surface area (Å²) in [6.07, 6.45) is 0.733. The Bertz CT molecular complexity index is 1290. The molecule has 1 atom stereocenters. The molecule has 2 aliphatic heterocycles. The maximum Gasteiger partial charge on any atom is 0.300 e. The Kier molecular flexibility index (Phi) is 5.57. The summed E-state index contributed by atoms with van der Waals surface area (Å²) in [5.74, 6) is -0.110. The maximum absolute atomic E-state index is 13.3. The number of benzene rings is 3. The van der Waals surface area contributed by atoms with Crippen molar-refractivity contribution in [2.45, 2.75) is 26.3 Å². The van der Waals surface area contributed by atoms with E-state index in [1.165, 1.54) is 4.90 Å². The summed E-state index contributed by atoms with van der Waals surface area (Å²) in [5, 5.41) is 11.3. The number of amides is 1. The molecule has 0 aromatic heterocycles. The number of hydrogen-bond donors (Lipinski definition) is 1. The Morgan fingerprint density at radius 1 is 1.06 bits per heavy atom. The fourth-order valence-electron chi connectivity index (χ4n) is 4.52. The third-order valence-corrected chi connectivity index (χ3v) is 6.23. The van der Waals surface area contributed by atoms with Gasteiger partial charge in [0, 0.05) is 17.7 Å². The number of carbonyl (C=O) groups is 2. The molecule has 1 saturated heterocycles. The third-order valence-electron chi connectivity index (χ3n) is 6.23. The fourth-order valence-corrected chi connectivity index (χ4v) is 4.52. The number of aliphatic hydroxyl groups is 1. The Labute approximate surface area is 198 Å². The van der Waals surface area contributed by atoms with Crippen molar-refractivity contribution < 1.29 is 24.2 Å². The molecule has 3 aromatic carbocycles. The van der Waals surface area contributed by atoms with Gasteiger partial charge in [0.05, 0.1) is 24.8 Å². The average molecular weight is 456 g/mol. The zero-order valence-corrected chi connectivity index (χ0v) is 19.1. The Morgan fingerprint density at radius 3 is 2.50 bits per heavy atom. The molecular formula is C28H25NO5. The van der Waals surface area contributed by atoms with Gasteiger partial charge in [0.25, 0.3) is 11.7 Å². The van der Waals surface area contributed by atoms with Crippen molar-refractivity contribution in [2.24, 2.45) is 0 Å². The van der Waals surface area contributed by atoms with Crippen LogP contribution in [-0.2, 0) is 16.0 Å². The molecule has 0 spiro atoms. The van der Waals surface area contributed by atoms with Gasteiger partial charge in [0.1, 0.15) is 17.3 Å². The van der Waals surface area contributed by atoms with Crippen LogP contribution in [0.25, 0.3) is 5.76 Å². The van der Waals surface area contributed by atoms with Crippen LogP contribution in [0.2, 0.25) is 0 Å². The predicted molar refractivity (Wildman–Crippen MR) is 129 cm³/mol. The van der Waals surface area contributed by atoms with Crippen LogP contribution in [0.1, 0.15) is 35.2 Å². The van der Waals surface area contributed by atoms with Crippen LogP contribution >= 0.6 is 0 Å². The summed E-state index contributed by atoms with van der Waals surface area (Å²) in [4.78, 5) is 28.0. The first kappa shape index (κ1) is 21.8. The van der Waals surface area contributed by atoms with Crippen molar-refractivity contribution in [3.8, 4) is 11.5 Å². The lowest BCUT2D eigenvalue weighted by Crippen LogP contribution is -2.29. The van der Waals surface area contributed by atoms with E-state index < -0.39 is 17.7 Å². The number of Topliss-reactive ketones (excluding diaryl/α,β-unsaturated/α-hetero) is 1. The number of ether oxygens (including phenoxy) is 2. The van der Waals surface area contributed by atoms with Gasteiger partial charge in [0.2, 0.25) is 0 Å². The van der Waals surface area contributed by atoms with E-state index in [2.05, 4.69) is 0 Å². The number of aryl methyl sites for hydroxylation is 1. The summed E-state index contributed by atoms with van der Waals surface area (Å²) in [5.41, 5.74) is 3.85. The van der Waals surface area contributed by atoms with Gasteiger partial charge in [-0.2, -0.15) is 0 Å². The maximum atomic E-state index is 13.3. The van der Waals surface area contributed by atoms with Crippen molar-refractivity contribution in [1.29, 1.82) is 0 Å². The largest absolute Gasteiger partial charge is 0.507 e. The zero-order chi connectivity index (χ0) is 23.8. The van der Waals surface area contributed by atoms with Crippen LogP contribution in [0.5, 0.6) is 11.5 Å². The molecule has 6 heteroatoms. The minimum absolute atomic E-state index is 0.0635. The van der Waals surface area contributed by atoms with Crippen LogP contribution < -0.4 is 14.4 Å². The zero-order valence-electron chi connectivity index (χ0n) is 19.1. The number of fused-ring (bicyclic) bond motifs is 1. The minimum Gasteiger partial charge on any atom is -0.507 e. The molecule has 2 aliphatic rings. The number of anilines is 1. The van der Waals surface area contributed by atoms with E-state index in [1.54, 1.807) is 24.3 Å². The van der Waals surface area contributed by atoms with Crippen LogP contribution in [0.3, 0.4) is 0 Å². The molecule has 0 radical (unpaired) electrons. The number of rotatable bonds is 5. The van der Waals surface area contributed by atoms with Crippen LogP contribution in [0.4, 0.5) is 5.69 Å². The van der Waals surface area contributed by atoms with Gasteiger partial charge < -0.3 is 14.6 Å². The van der Waals surface area contributed by atoms with E-state index in [4.69, 9.17) is 9.47 Å². The van der Waals surface area contributed by atoms with Gasteiger partial charge >= 0.3 is 0 Å². The van der Waals surface area contributed by atoms with Gasteiger partial charge in [-0.15, -0.1) is 0 Å². The Balaban J connectivity index is 1.67. The topological polar surface area (TPSA) is 76.1 Å². The van der Waals surface area contributed by atoms with E-state index in [9.17, 15) is 14.7 Å². The second kappa shape index (κ2) is 8.71. The molecule has 1 N–H and O–H groups in total. The van der Waals surface area contributed by atoms with E-state index in [0.717, 1.165) is 23.3 Å². The van der Waals surface area contributed by atoms with Crippen molar-refractivity contribution in [1.82, 2.24) is 0 Å². The smallest absolute Gasteiger partial charge is 0.300 e. The molecule has 1 fully saturated rings. The first-order valence-corrected chi connectivity index (χ1v) is 11.3. The van der Waals surface area contributed by atoms with Crippen molar-refractivity contribution in [2.75, 3.05) is 18.1 Å². The standard InChI is InChI=1S/C28H25NO5/c1-3-33-22-11-6-18(7-12-22)25-24(26(30)20-8-13-23-19(16-20)14-15-34-23)27(31)28(32)29(25)21-9-4-17(2)5-10-21/h4-13,16,25,30H,3,14-15H2,1-2H3/b26-24-. The monoisotopic (exact) mass is 455 g/mol. The highest BCUT2D eigenvalue weighted by Crippen LogP contribution is 2.43. The SMILES string of the molecule is CCOc1ccc(C2/C(=C(/O)c3ccc4c(c3)CCO4)C(=O)C(=O)N2c2ccc(C)cc2)cc1. The number of ketones is 1. The fraction of sp³-hybridized carbons (Fsp3) is 0.214. The Morgan fingerprint density at radius 2 is 1.79 bits per heavy atom. The van der Waals surface area contributed by atoms with Crippen molar-refractivity contribution in [3.63, 3.8) is 0 Å².